The van der Waals surface area contributed by atoms with Crippen molar-refractivity contribution in [3.63, 3.8) is 0 Å². The minimum atomic E-state index is 0.819. The molecule has 7 heteroatoms. The maximum absolute atomic E-state index is 6.04. The molecule has 0 bridgehead atoms. The highest BCUT2D eigenvalue weighted by molar-refractivity contribution is 7.81. The molecular weight excluding hydrogens is 482 g/mol. The molecule has 5 nitrogen and oxygen atoms in total. The van der Waals surface area contributed by atoms with Crippen LogP contribution < -0.4 is 4.90 Å². The van der Waals surface area contributed by atoms with Gasteiger partial charge in [-0.1, -0.05) is 73.0 Å². The maximum Gasteiger partial charge on any atom is 0.113 e. The summed E-state index contributed by atoms with van der Waals surface area (Å²) in [5, 5.41) is 4.94. The Kier molecular flexibility index (Phi) is 7.11. The average molecular weight is 512 g/mol. The number of aromatic nitrogens is 2. The second-order valence-corrected chi connectivity index (χ2v) is 9.84. The van der Waals surface area contributed by atoms with Crippen LogP contribution in [0.25, 0.3) is 16.9 Å². The molecule has 0 radical (unpaired) electrons. The zero-order valence-electron chi connectivity index (χ0n) is 20.5. The zero-order valence-corrected chi connectivity index (χ0v) is 22.2. The van der Waals surface area contributed by atoms with Crippen molar-refractivity contribution in [2.24, 2.45) is 0 Å². The van der Waals surface area contributed by atoms with E-state index in [-0.39, 0.29) is 0 Å². The lowest BCUT2D eigenvalue weighted by atomic mass is 10.1. The van der Waals surface area contributed by atoms with Gasteiger partial charge in [-0.05, 0) is 36.4 Å². The van der Waals surface area contributed by atoms with Crippen LogP contribution in [0, 0.1) is 0 Å². The van der Waals surface area contributed by atoms with Crippen molar-refractivity contribution in [3.05, 3.63) is 102 Å². The molecule has 0 aliphatic carbocycles. The Balaban J connectivity index is 1.33. The molecule has 36 heavy (non-hydrogen) atoms. The second kappa shape index (κ2) is 10.6. The van der Waals surface area contributed by atoms with Gasteiger partial charge in [0.25, 0.3) is 0 Å². The van der Waals surface area contributed by atoms with Gasteiger partial charge in [-0.2, -0.15) is 5.10 Å². The highest BCUT2D eigenvalue weighted by Crippen LogP contribution is 2.26. The molecule has 3 aromatic carbocycles. The normalized spacial score (nSPS) is 13.5. The first kappa shape index (κ1) is 24.2. The maximum atomic E-state index is 6.04. The smallest absolute Gasteiger partial charge is 0.113 e. The van der Waals surface area contributed by atoms with Gasteiger partial charge >= 0.3 is 0 Å². The number of piperazine rings is 1. The van der Waals surface area contributed by atoms with Crippen molar-refractivity contribution in [2.75, 3.05) is 45.2 Å². The Bertz CT molecular complexity index is 1340. The molecule has 1 saturated heterocycles. The molecule has 1 aliphatic heterocycles. The lowest BCUT2D eigenvalue weighted by Gasteiger charge is -2.37. The van der Waals surface area contributed by atoms with Gasteiger partial charge in [0.2, 0.25) is 0 Å². The largest absolute Gasteiger partial charge is 0.378 e. The predicted molar refractivity (Wildman–Crippen MR) is 156 cm³/mol. The van der Waals surface area contributed by atoms with E-state index in [4.69, 9.17) is 29.5 Å². The molecular formula is C29H29N5S2. The third kappa shape index (κ3) is 5.03. The third-order valence-electron chi connectivity index (χ3n) is 6.50. The molecule has 4 aromatic rings. The number of thiocarbonyl (C=S) groups is 2. The molecule has 1 aromatic heterocycles. The average Bonchev–Trinajstić information content (AvgIpc) is 3.39. The van der Waals surface area contributed by atoms with Crippen molar-refractivity contribution in [3.8, 4) is 16.9 Å². The fourth-order valence-electron chi connectivity index (χ4n) is 4.42. The molecule has 0 amide bonds. The Morgan fingerprint density at radius 1 is 0.722 bits per heavy atom. The molecule has 0 unspecified atom stereocenters. The first-order chi connectivity index (χ1) is 17.5. The van der Waals surface area contributed by atoms with Gasteiger partial charge in [0, 0.05) is 63.3 Å². The van der Waals surface area contributed by atoms with Gasteiger partial charge < -0.3 is 14.7 Å². The summed E-state index contributed by atoms with van der Waals surface area (Å²) >= 11 is 11.9. The van der Waals surface area contributed by atoms with Gasteiger partial charge in [0.1, 0.15) is 15.7 Å². The summed E-state index contributed by atoms with van der Waals surface area (Å²) < 4.78 is 1.92. The van der Waals surface area contributed by atoms with E-state index in [2.05, 4.69) is 69.4 Å². The third-order valence-corrected chi connectivity index (χ3v) is 7.47. The Hall–Kier alpha value is -3.55. The summed E-state index contributed by atoms with van der Waals surface area (Å²) in [7, 11) is 4.09. The standard InChI is InChI=1S/C29H29N5S2/c1-31(2)24-15-13-23(14-16-24)28(35)32-17-19-33(20-18-32)29(36)26-21-34(25-11-7-4-8-12-25)30-27(26)22-9-5-3-6-10-22/h3-16,21H,17-20H2,1-2H3. The number of nitrogens with zero attached hydrogens (tertiary/aromatic N) is 5. The summed E-state index contributed by atoms with van der Waals surface area (Å²) in [5.41, 5.74) is 6.22. The molecule has 0 saturated carbocycles. The summed E-state index contributed by atoms with van der Waals surface area (Å²) in [6.07, 6.45) is 2.06. The van der Waals surface area contributed by atoms with Crippen LogP contribution in [0.15, 0.2) is 91.1 Å². The Morgan fingerprint density at radius 3 is 1.86 bits per heavy atom. The fourth-order valence-corrected chi connectivity index (χ4v) is 5.07. The number of para-hydroxylation sites is 1. The van der Waals surface area contributed by atoms with Crippen molar-refractivity contribution >= 4 is 40.1 Å². The number of rotatable bonds is 5. The van der Waals surface area contributed by atoms with E-state index in [1.807, 2.05) is 55.2 Å². The minimum absolute atomic E-state index is 0.819. The first-order valence-corrected chi connectivity index (χ1v) is 12.9. The van der Waals surface area contributed by atoms with E-state index >= 15 is 0 Å². The lowest BCUT2D eigenvalue weighted by molar-refractivity contribution is 0.265. The van der Waals surface area contributed by atoms with Crippen molar-refractivity contribution in [1.82, 2.24) is 19.6 Å². The zero-order chi connectivity index (χ0) is 25.1. The van der Waals surface area contributed by atoms with Gasteiger partial charge in [0.15, 0.2) is 0 Å². The van der Waals surface area contributed by atoms with Crippen LogP contribution in [0.3, 0.4) is 0 Å². The quantitative estimate of drug-likeness (QED) is 0.339. The molecule has 0 spiro atoms. The van der Waals surface area contributed by atoms with Crippen LogP contribution in [-0.2, 0) is 0 Å². The van der Waals surface area contributed by atoms with Crippen molar-refractivity contribution in [2.45, 2.75) is 0 Å². The highest BCUT2D eigenvalue weighted by atomic mass is 32.1. The predicted octanol–water partition coefficient (Wildman–Crippen LogP) is 5.27. The van der Waals surface area contributed by atoms with Gasteiger partial charge in [-0.25, -0.2) is 4.68 Å². The van der Waals surface area contributed by atoms with E-state index in [1.165, 1.54) is 5.69 Å². The molecule has 2 heterocycles. The van der Waals surface area contributed by atoms with Gasteiger partial charge in [-0.3, -0.25) is 0 Å². The molecule has 182 valence electrons. The summed E-state index contributed by atoms with van der Waals surface area (Å²) in [5.74, 6) is 0. The first-order valence-electron chi connectivity index (χ1n) is 12.1. The number of hydrogen-bond acceptors (Lipinski definition) is 4. The number of hydrogen-bond donors (Lipinski definition) is 0. The van der Waals surface area contributed by atoms with E-state index in [1.54, 1.807) is 0 Å². The highest BCUT2D eigenvalue weighted by Gasteiger charge is 2.25. The monoisotopic (exact) mass is 511 g/mol. The van der Waals surface area contributed by atoms with E-state index in [0.29, 0.717) is 0 Å². The van der Waals surface area contributed by atoms with Gasteiger partial charge in [0.05, 0.1) is 11.3 Å². The number of benzene rings is 3. The van der Waals surface area contributed by atoms with Crippen molar-refractivity contribution in [1.29, 1.82) is 0 Å². The van der Waals surface area contributed by atoms with Crippen LogP contribution in [0.1, 0.15) is 11.1 Å². The summed E-state index contributed by atoms with van der Waals surface area (Å²) in [6, 6.07) is 28.9. The van der Waals surface area contributed by atoms with E-state index < -0.39 is 0 Å². The second-order valence-electron chi connectivity index (χ2n) is 9.06. The van der Waals surface area contributed by atoms with E-state index in [0.717, 1.165) is 64.2 Å². The summed E-state index contributed by atoms with van der Waals surface area (Å²) in [4.78, 5) is 8.38. The molecule has 0 N–H and O–H groups in total. The van der Waals surface area contributed by atoms with Crippen LogP contribution in [0.2, 0.25) is 0 Å². The SMILES string of the molecule is CN(C)c1ccc(C(=S)N2CCN(C(=S)c3cn(-c4ccccc4)nc3-c3ccccc3)CC2)cc1. The molecule has 5 rings (SSSR count). The topological polar surface area (TPSA) is 27.5 Å². The van der Waals surface area contributed by atoms with Crippen LogP contribution in [0.4, 0.5) is 5.69 Å². The molecule has 0 atom stereocenters. The van der Waals surface area contributed by atoms with Crippen molar-refractivity contribution < 1.29 is 0 Å². The lowest BCUT2D eigenvalue weighted by Crippen LogP contribution is -2.50. The number of anilines is 1. The minimum Gasteiger partial charge on any atom is -0.378 e. The van der Waals surface area contributed by atoms with Crippen LogP contribution >= 0.6 is 24.4 Å². The Morgan fingerprint density at radius 2 is 1.28 bits per heavy atom. The molecule has 1 aliphatic rings. The summed E-state index contributed by atoms with van der Waals surface area (Å²) in [6.45, 7) is 3.31. The van der Waals surface area contributed by atoms with Crippen LogP contribution in [-0.4, -0.2) is 69.8 Å². The van der Waals surface area contributed by atoms with E-state index in [9.17, 15) is 0 Å². The fraction of sp³-hybridized carbons (Fsp3) is 0.207. The van der Waals surface area contributed by atoms with Crippen LogP contribution in [0.5, 0.6) is 0 Å². The Labute approximate surface area is 223 Å². The molecule has 1 fully saturated rings. The van der Waals surface area contributed by atoms with Gasteiger partial charge in [-0.15, -0.1) is 0 Å².